The van der Waals surface area contributed by atoms with Gasteiger partial charge in [-0.05, 0) is 37.1 Å². The van der Waals surface area contributed by atoms with Crippen LogP contribution in [0.1, 0.15) is 29.8 Å². The van der Waals surface area contributed by atoms with Crippen molar-refractivity contribution in [3.8, 4) is 0 Å². The number of nitrogens with one attached hydrogen (secondary N) is 1. The molecule has 0 aliphatic heterocycles. The van der Waals surface area contributed by atoms with Gasteiger partial charge in [0.05, 0.1) is 17.6 Å². The van der Waals surface area contributed by atoms with Crippen molar-refractivity contribution in [1.82, 2.24) is 4.98 Å². The number of ketones is 1. The zero-order chi connectivity index (χ0) is 14.7. The smallest absolute Gasteiger partial charge is 0.162 e. The van der Waals surface area contributed by atoms with Gasteiger partial charge in [-0.1, -0.05) is 24.6 Å². The maximum absolute atomic E-state index is 13.9. The van der Waals surface area contributed by atoms with Gasteiger partial charge < -0.3 is 5.32 Å². The van der Waals surface area contributed by atoms with E-state index in [1.54, 1.807) is 6.07 Å². The molecule has 20 heavy (non-hydrogen) atoms. The molecule has 0 aliphatic rings. The molecular weight excluding hydrogens is 279 g/mol. The largest absolute Gasteiger partial charge is 0.351 e. The van der Waals surface area contributed by atoms with Gasteiger partial charge in [0.1, 0.15) is 11.0 Å². The van der Waals surface area contributed by atoms with Crippen LogP contribution in [0.25, 0.3) is 0 Å². The van der Waals surface area contributed by atoms with Crippen LogP contribution in [0.3, 0.4) is 0 Å². The Bertz CT molecular complexity index is 658. The molecule has 0 spiro atoms. The van der Waals surface area contributed by atoms with Gasteiger partial charge in [-0.2, -0.15) is 0 Å². The predicted octanol–water partition coefficient (Wildman–Crippen LogP) is 4.38. The number of aryl methyl sites for hydroxylation is 1. The van der Waals surface area contributed by atoms with E-state index in [9.17, 15) is 9.18 Å². The molecule has 0 amide bonds. The molecule has 0 fully saturated rings. The Morgan fingerprint density at radius 1 is 1.35 bits per heavy atom. The van der Waals surface area contributed by atoms with Crippen molar-refractivity contribution in [1.29, 1.82) is 0 Å². The van der Waals surface area contributed by atoms with Crippen LogP contribution < -0.4 is 5.32 Å². The average Bonchev–Trinajstić information content (AvgIpc) is 2.42. The number of rotatable bonds is 4. The van der Waals surface area contributed by atoms with Crippen LogP contribution in [-0.4, -0.2) is 10.8 Å². The minimum Gasteiger partial charge on any atom is -0.351 e. The quantitative estimate of drug-likeness (QED) is 0.671. The van der Waals surface area contributed by atoms with Gasteiger partial charge in [-0.15, -0.1) is 0 Å². The molecule has 0 bridgehead atoms. The number of pyridine rings is 1. The first-order chi connectivity index (χ1) is 9.51. The van der Waals surface area contributed by atoms with Crippen molar-refractivity contribution in [3.05, 3.63) is 52.6 Å². The van der Waals surface area contributed by atoms with Gasteiger partial charge in [-0.3, -0.25) is 4.79 Å². The number of hydrogen-bond donors (Lipinski definition) is 1. The van der Waals surface area contributed by atoms with Gasteiger partial charge in [0.15, 0.2) is 5.78 Å². The number of halogens is 2. The summed E-state index contributed by atoms with van der Waals surface area (Å²) in [5.74, 6) is -0.531. The normalized spacial score (nSPS) is 10.4. The summed E-state index contributed by atoms with van der Waals surface area (Å²) in [6.45, 7) is 3.38. The number of carbonyl (C=O) groups excluding carboxylic acids is 1. The number of benzene rings is 1. The highest BCUT2D eigenvalue weighted by Gasteiger charge is 2.11. The molecule has 0 saturated heterocycles. The lowest BCUT2D eigenvalue weighted by molar-refractivity contribution is 0.101. The second-order valence-corrected chi connectivity index (χ2v) is 4.79. The molecule has 5 heteroatoms. The minimum absolute atomic E-state index is 0.164. The fraction of sp³-hybridized carbons (Fsp3) is 0.200. The highest BCUT2D eigenvalue weighted by Crippen LogP contribution is 2.25. The molecule has 3 nitrogen and oxygen atoms in total. The van der Waals surface area contributed by atoms with Crippen LogP contribution in [-0.2, 0) is 6.42 Å². The fourth-order valence-electron chi connectivity index (χ4n) is 1.85. The molecule has 1 aromatic carbocycles. The lowest BCUT2D eigenvalue weighted by atomic mass is 10.1. The third kappa shape index (κ3) is 3.14. The number of Topliss-reactive ketones (excluding diaryl/α,β-unsaturated/α-hetero) is 1. The zero-order valence-corrected chi connectivity index (χ0v) is 12.0. The first-order valence-electron chi connectivity index (χ1n) is 6.23. The van der Waals surface area contributed by atoms with E-state index >= 15 is 0 Å². The highest BCUT2D eigenvalue weighted by atomic mass is 35.5. The van der Waals surface area contributed by atoms with E-state index in [1.165, 1.54) is 25.3 Å². The summed E-state index contributed by atoms with van der Waals surface area (Å²) in [5, 5.41) is 3.11. The molecular formula is C15H14ClFN2O. The monoisotopic (exact) mass is 292 g/mol. The molecule has 104 valence electrons. The summed E-state index contributed by atoms with van der Waals surface area (Å²) in [7, 11) is 0. The van der Waals surface area contributed by atoms with Gasteiger partial charge in [0.25, 0.3) is 0 Å². The molecule has 0 aliphatic carbocycles. The number of anilines is 2. The minimum atomic E-state index is -0.367. The molecule has 0 radical (unpaired) electrons. The van der Waals surface area contributed by atoms with E-state index in [4.69, 9.17) is 11.6 Å². The summed E-state index contributed by atoms with van der Waals surface area (Å²) >= 11 is 5.77. The van der Waals surface area contributed by atoms with Crippen molar-refractivity contribution in [2.24, 2.45) is 0 Å². The van der Waals surface area contributed by atoms with Crippen molar-refractivity contribution in [3.63, 3.8) is 0 Å². The van der Waals surface area contributed by atoms with E-state index in [0.717, 1.165) is 12.0 Å². The Labute approximate surface area is 121 Å². The number of aromatic nitrogens is 1. The second-order valence-electron chi connectivity index (χ2n) is 4.40. The predicted molar refractivity (Wildman–Crippen MR) is 78.3 cm³/mol. The molecule has 0 atom stereocenters. The Balaban J connectivity index is 2.37. The van der Waals surface area contributed by atoms with Gasteiger partial charge in [-0.25, -0.2) is 9.37 Å². The Kier molecular flexibility index (Phi) is 4.35. The molecule has 1 aromatic heterocycles. The standard InChI is InChI=1S/C15H14ClFN2O/c1-3-10-4-5-13(12(17)6-10)19-14-8-18-15(16)7-11(14)9(2)20/h4-8,19H,3H2,1-2H3. The summed E-state index contributed by atoms with van der Waals surface area (Å²) < 4.78 is 13.9. The third-order valence-corrected chi connectivity index (χ3v) is 3.17. The molecule has 2 aromatic rings. The van der Waals surface area contributed by atoms with Crippen LogP contribution in [0.2, 0.25) is 5.15 Å². The van der Waals surface area contributed by atoms with Crippen LogP contribution in [0, 0.1) is 5.82 Å². The summed E-state index contributed by atoms with van der Waals surface area (Å²) in [5.41, 5.74) is 2.02. The van der Waals surface area contributed by atoms with Gasteiger partial charge in [0, 0.05) is 5.56 Å². The molecule has 1 heterocycles. The lowest BCUT2D eigenvalue weighted by Gasteiger charge is -2.11. The Hall–Kier alpha value is -1.94. The van der Waals surface area contributed by atoms with Crippen molar-refractivity contribution >= 4 is 28.8 Å². The van der Waals surface area contributed by atoms with E-state index in [0.29, 0.717) is 16.9 Å². The molecule has 0 unspecified atom stereocenters. The van der Waals surface area contributed by atoms with E-state index < -0.39 is 0 Å². The van der Waals surface area contributed by atoms with E-state index in [1.807, 2.05) is 13.0 Å². The second kappa shape index (κ2) is 6.01. The van der Waals surface area contributed by atoms with Gasteiger partial charge in [0.2, 0.25) is 0 Å². The van der Waals surface area contributed by atoms with Crippen molar-refractivity contribution in [2.75, 3.05) is 5.32 Å². The van der Waals surface area contributed by atoms with Crippen LogP contribution in [0.15, 0.2) is 30.5 Å². The Morgan fingerprint density at radius 3 is 2.70 bits per heavy atom. The maximum Gasteiger partial charge on any atom is 0.162 e. The molecule has 2 rings (SSSR count). The van der Waals surface area contributed by atoms with Crippen LogP contribution >= 0.6 is 11.6 Å². The topological polar surface area (TPSA) is 42.0 Å². The maximum atomic E-state index is 13.9. The lowest BCUT2D eigenvalue weighted by Crippen LogP contribution is -2.03. The van der Waals surface area contributed by atoms with Crippen LogP contribution in [0.4, 0.5) is 15.8 Å². The van der Waals surface area contributed by atoms with Crippen molar-refractivity contribution in [2.45, 2.75) is 20.3 Å². The molecule has 0 saturated carbocycles. The number of nitrogens with zero attached hydrogens (tertiary/aromatic N) is 1. The zero-order valence-electron chi connectivity index (χ0n) is 11.2. The van der Waals surface area contributed by atoms with E-state index in [-0.39, 0.29) is 16.8 Å². The summed E-state index contributed by atoms with van der Waals surface area (Å²) in [4.78, 5) is 15.5. The third-order valence-electron chi connectivity index (χ3n) is 2.96. The Morgan fingerprint density at radius 2 is 2.10 bits per heavy atom. The SMILES string of the molecule is CCc1ccc(Nc2cnc(Cl)cc2C(C)=O)c(F)c1. The summed E-state index contributed by atoms with van der Waals surface area (Å²) in [6.07, 6.45) is 2.19. The van der Waals surface area contributed by atoms with E-state index in [2.05, 4.69) is 10.3 Å². The highest BCUT2D eigenvalue weighted by molar-refractivity contribution is 6.29. The van der Waals surface area contributed by atoms with Gasteiger partial charge >= 0.3 is 0 Å². The van der Waals surface area contributed by atoms with Crippen molar-refractivity contribution < 1.29 is 9.18 Å². The fourth-order valence-corrected chi connectivity index (χ4v) is 2.00. The average molecular weight is 293 g/mol. The number of carbonyl (C=O) groups is 1. The number of hydrogen-bond acceptors (Lipinski definition) is 3. The first-order valence-corrected chi connectivity index (χ1v) is 6.61. The molecule has 1 N–H and O–H groups in total. The first kappa shape index (κ1) is 14.5. The van der Waals surface area contributed by atoms with Crippen LogP contribution in [0.5, 0.6) is 0 Å². The summed E-state index contributed by atoms with van der Waals surface area (Å²) in [6, 6.07) is 6.42.